The quantitative estimate of drug-likeness (QED) is 0.834. The maximum Gasteiger partial charge on any atom is 0.222 e. The van der Waals surface area contributed by atoms with E-state index < -0.39 is 9.84 Å². The SMILES string of the molecule is Cc1cccc(OC2CCN(C(=O)C[C@@H]3CCS(=O)(=O)C3)CC2)c1. The highest BCUT2D eigenvalue weighted by molar-refractivity contribution is 7.91. The van der Waals surface area contributed by atoms with Crippen LogP contribution in [0.5, 0.6) is 5.75 Å². The second-order valence-corrected chi connectivity index (χ2v) is 9.22. The number of nitrogens with zero attached hydrogens (tertiary/aromatic N) is 1. The first-order chi connectivity index (χ1) is 11.4. The fraction of sp³-hybridized carbons (Fsp3) is 0.611. The molecule has 0 radical (unpaired) electrons. The summed E-state index contributed by atoms with van der Waals surface area (Å²) in [4.78, 5) is 14.2. The molecule has 1 atom stereocenters. The number of likely N-dealkylation sites (tertiary alicyclic amines) is 1. The standard InChI is InChI=1S/C18H25NO4S/c1-14-3-2-4-17(11-14)23-16-5-8-19(9-6-16)18(20)12-15-7-10-24(21,22)13-15/h2-4,11,15-16H,5-10,12-13H2,1H3/t15-/m0/s1. The largest absolute Gasteiger partial charge is 0.490 e. The number of benzene rings is 1. The zero-order valence-electron chi connectivity index (χ0n) is 14.1. The van der Waals surface area contributed by atoms with Crippen molar-refractivity contribution in [1.82, 2.24) is 4.90 Å². The number of ether oxygens (including phenoxy) is 1. The number of amides is 1. The molecule has 2 aliphatic heterocycles. The van der Waals surface area contributed by atoms with Gasteiger partial charge in [0.15, 0.2) is 9.84 Å². The van der Waals surface area contributed by atoms with Crippen LogP contribution in [0.4, 0.5) is 0 Å². The van der Waals surface area contributed by atoms with E-state index in [4.69, 9.17) is 4.74 Å². The molecular weight excluding hydrogens is 326 g/mol. The van der Waals surface area contributed by atoms with Gasteiger partial charge in [0.2, 0.25) is 5.91 Å². The smallest absolute Gasteiger partial charge is 0.222 e. The first kappa shape index (κ1) is 17.3. The number of rotatable bonds is 4. The third-order valence-corrected chi connectivity index (χ3v) is 6.71. The second kappa shape index (κ2) is 7.13. The summed E-state index contributed by atoms with van der Waals surface area (Å²) in [5, 5.41) is 0. The number of carbonyl (C=O) groups excluding carboxylic acids is 1. The summed E-state index contributed by atoms with van der Waals surface area (Å²) in [6.07, 6.45) is 2.78. The Kier molecular flexibility index (Phi) is 5.13. The Labute approximate surface area is 143 Å². The van der Waals surface area contributed by atoms with E-state index in [1.807, 2.05) is 36.1 Å². The number of carbonyl (C=O) groups is 1. The lowest BCUT2D eigenvalue weighted by Gasteiger charge is -2.32. The Balaban J connectivity index is 1.45. The van der Waals surface area contributed by atoms with E-state index in [2.05, 4.69) is 0 Å². The van der Waals surface area contributed by atoms with Gasteiger partial charge in [0.05, 0.1) is 11.5 Å². The van der Waals surface area contributed by atoms with Crippen LogP contribution >= 0.6 is 0 Å². The highest BCUT2D eigenvalue weighted by Gasteiger charge is 2.32. The second-order valence-electron chi connectivity index (χ2n) is 6.99. The van der Waals surface area contributed by atoms with Crippen molar-refractivity contribution in [3.8, 4) is 5.75 Å². The molecular formula is C18H25NO4S. The van der Waals surface area contributed by atoms with E-state index in [0.29, 0.717) is 25.9 Å². The fourth-order valence-electron chi connectivity index (χ4n) is 3.51. The van der Waals surface area contributed by atoms with Gasteiger partial charge in [-0.15, -0.1) is 0 Å². The minimum Gasteiger partial charge on any atom is -0.490 e. The van der Waals surface area contributed by atoms with Crippen molar-refractivity contribution < 1.29 is 17.9 Å². The van der Waals surface area contributed by atoms with Gasteiger partial charge < -0.3 is 9.64 Å². The van der Waals surface area contributed by atoms with Crippen molar-refractivity contribution in [1.29, 1.82) is 0 Å². The van der Waals surface area contributed by atoms with Crippen LogP contribution in [-0.2, 0) is 14.6 Å². The van der Waals surface area contributed by atoms with Gasteiger partial charge in [0.25, 0.3) is 0 Å². The minimum absolute atomic E-state index is 0.00349. The van der Waals surface area contributed by atoms with Crippen LogP contribution in [0.2, 0.25) is 0 Å². The first-order valence-electron chi connectivity index (χ1n) is 8.63. The van der Waals surface area contributed by atoms with E-state index in [0.717, 1.165) is 18.6 Å². The van der Waals surface area contributed by atoms with E-state index in [1.165, 1.54) is 5.56 Å². The van der Waals surface area contributed by atoms with Crippen LogP contribution in [0.1, 0.15) is 31.2 Å². The Morgan fingerprint density at radius 2 is 2.00 bits per heavy atom. The van der Waals surface area contributed by atoms with E-state index >= 15 is 0 Å². The Bertz CT molecular complexity index is 693. The van der Waals surface area contributed by atoms with Crippen molar-refractivity contribution in [3.63, 3.8) is 0 Å². The van der Waals surface area contributed by atoms with Gasteiger partial charge in [-0.1, -0.05) is 12.1 Å². The van der Waals surface area contributed by atoms with E-state index in [1.54, 1.807) is 0 Å². The third kappa shape index (κ3) is 4.50. The minimum atomic E-state index is -2.91. The zero-order valence-corrected chi connectivity index (χ0v) is 14.9. The van der Waals surface area contributed by atoms with Crippen molar-refractivity contribution in [3.05, 3.63) is 29.8 Å². The van der Waals surface area contributed by atoms with Crippen molar-refractivity contribution >= 4 is 15.7 Å². The monoisotopic (exact) mass is 351 g/mol. The van der Waals surface area contributed by atoms with Gasteiger partial charge in [-0.05, 0) is 37.0 Å². The molecule has 0 N–H and O–H groups in total. The normalized spacial score (nSPS) is 24.0. The molecule has 0 unspecified atom stereocenters. The number of hydrogen-bond donors (Lipinski definition) is 0. The molecule has 1 aromatic rings. The highest BCUT2D eigenvalue weighted by Crippen LogP contribution is 2.24. The van der Waals surface area contributed by atoms with Gasteiger partial charge in [-0.25, -0.2) is 8.42 Å². The van der Waals surface area contributed by atoms with Crippen LogP contribution in [-0.4, -0.2) is 49.9 Å². The summed E-state index contributed by atoms with van der Waals surface area (Å²) >= 11 is 0. The van der Waals surface area contributed by atoms with Crippen molar-refractivity contribution in [2.45, 2.75) is 38.7 Å². The third-order valence-electron chi connectivity index (χ3n) is 4.88. The first-order valence-corrected chi connectivity index (χ1v) is 10.4. The molecule has 0 aromatic heterocycles. The molecule has 0 aliphatic carbocycles. The molecule has 0 bridgehead atoms. The summed E-state index contributed by atoms with van der Waals surface area (Å²) in [6, 6.07) is 8.01. The van der Waals surface area contributed by atoms with Gasteiger partial charge in [-0.3, -0.25) is 4.79 Å². The average Bonchev–Trinajstić information content (AvgIpc) is 2.87. The van der Waals surface area contributed by atoms with Crippen LogP contribution in [0.3, 0.4) is 0 Å². The molecule has 2 aliphatic rings. The number of aryl methyl sites for hydroxylation is 1. The average molecular weight is 351 g/mol. The molecule has 2 fully saturated rings. The van der Waals surface area contributed by atoms with E-state index in [9.17, 15) is 13.2 Å². The molecule has 2 heterocycles. The maximum atomic E-state index is 12.4. The Hall–Kier alpha value is -1.56. The molecule has 24 heavy (non-hydrogen) atoms. The number of sulfone groups is 1. The lowest BCUT2D eigenvalue weighted by Crippen LogP contribution is -2.42. The molecule has 1 amide bonds. The predicted molar refractivity (Wildman–Crippen MR) is 92.8 cm³/mol. The lowest BCUT2D eigenvalue weighted by atomic mass is 10.0. The zero-order chi connectivity index (χ0) is 17.2. The summed E-state index contributed by atoms with van der Waals surface area (Å²) in [6.45, 7) is 3.42. The molecule has 0 spiro atoms. The predicted octanol–water partition coefficient (Wildman–Crippen LogP) is 2.19. The topological polar surface area (TPSA) is 63.7 Å². The number of piperidine rings is 1. The summed E-state index contributed by atoms with van der Waals surface area (Å²) in [5.74, 6) is 1.38. The fourth-order valence-corrected chi connectivity index (χ4v) is 5.38. The van der Waals surface area contributed by atoms with Gasteiger partial charge in [-0.2, -0.15) is 0 Å². The molecule has 132 valence electrons. The molecule has 5 nitrogen and oxygen atoms in total. The molecule has 1 aromatic carbocycles. The molecule has 0 saturated carbocycles. The number of hydrogen-bond acceptors (Lipinski definition) is 4. The van der Waals surface area contributed by atoms with Crippen LogP contribution in [0.25, 0.3) is 0 Å². The Morgan fingerprint density at radius 1 is 1.25 bits per heavy atom. The maximum absolute atomic E-state index is 12.4. The van der Waals surface area contributed by atoms with E-state index in [-0.39, 0.29) is 29.4 Å². The van der Waals surface area contributed by atoms with Crippen molar-refractivity contribution in [2.75, 3.05) is 24.6 Å². The highest BCUT2D eigenvalue weighted by atomic mass is 32.2. The van der Waals surface area contributed by atoms with Gasteiger partial charge in [0, 0.05) is 32.4 Å². The van der Waals surface area contributed by atoms with Gasteiger partial charge >= 0.3 is 0 Å². The lowest BCUT2D eigenvalue weighted by molar-refractivity contribution is -0.133. The van der Waals surface area contributed by atoms with Crippen molar-refractivity contribution in [2.24, 2.45) is 5.92 Å². The summed E-state index contributed by atoms with van der Waals surface area (Å²) in [7, 11) is -2.91. The van der Waals surface area contributed by atoms with Crippen LogP contribution in [0, 0.1) is 12.8 Å². The van der Waals surface area contributed by atoms with Crippen LogP contribution in [0.15, 0.2) is 24.3 Å². The van der Waals surface area contributed by atoms with Gasteiger partial charge in [0.1, 0.15) is 11.9 Å². The van der Waals surface area contributed by atoms with Crippen LogP contribution < -0.4 is 4.74 Å². The molecule has 2 saturated heterocycles. The Morgan fingerprint density at radius 3 is 2.62 bits per heavy atom. The summed E-state index contributed by atoms with van der Waals surface area (Å²) in [5.41, 5.74) is 1.17. The molecule has 3 rings (SSSR count). The molecule has 6 heteroatoms. The summed E-state index contributed by atoms with van der Waals surface area (Å²) < 4.78 is 29.0.